The number of fused-ring (bicyclic) bond motifs is 3. The molecular weight excluding hydrogens is 358 g/mol. The largest absolute Gasteiger partial charge is 0.497 e. The third-order valence-electron chi connectivity index (χ3n) is 5.14. The molecule has 3 heterocycles. The molecule has 1 atom stereocenters. The summed E-state index contributed by atoms with van der Waals surface area (Å²) in [7, 11) is 3.27. The van der Waals surface area contributed by atoms with Crippen molar-refractivity contribution in [3.8, 4) is 5.75 Å². The van der Waals surface area contributed by atoms with Gasteiger partial charge in [-0.05, 0) is 30.2 Å². The van der Waals surface area contributed by atoms with Crippen LogP contribution in [-0.4, -0.2) is 32.3 Å². The highest BCUT2D eigenvalue weighted by Crippen LogP contribution is 2.33. The molecule has 0 aliphatic carbocycles. The molecule has 1 aromatic carbocycles. The van der Waals surface area contributed by atoms with Gasteiger partial charge in [-0.2, -0.15) is 4.98 Å². The molecule has 8 nitrogen and oxygen atoms in total. The Kier molecular flexibility index (Phi) is 4.33. The number of methoxy groups -OCH3 is 1. The number of allylic oxidation sites excluding steroid dienone is 1. The van der Waals surface area contributed by atoms with Crippen LogP contribution >= 0.6 is 0 Å². The van der Waals surface area contributed by atoms with E-state index in [1.807, 2.05) is 28.8 Å². The van der Waals surface area contributed by atoms with E-state index < -0.39 is 5.69 Å². The van der Waals surface area contributed by atoms with Gasteiger partial charge < -0.3 is 14.2 Å². The molecule has 1 aliphatic rings. The Morgan fingerprint density at radius 1 is 1.25 bits per heavy atom. The normalized spacial score (nSPS) is 16.2. The van der Waals surface area contributed by atoms with Gasteiger partial charge in [0.25, 0.3) is 5.56 Å². The highest BCUT2D eigenvalue weighted by molar-refractivity contribution is 5.77. The average Bonchev–Trinajstić information content (AvgIpc) is 3.08. The molecule has 0 spiro atoms. The van der Waals surface area contributed by atoms with Gasteiger partial charge in [0.15, 0.2) is 11.2 Å². The SMILES string of the molecule is C=CCn1c(=O)c2c(nc3n2C[C@@H](C)CN3c2ccc(OC)cc2)n(C)c1=O. The van der Waals surface area contributed by atoms with Gasteiger partial charge >= 0.3 is 5.69 Å². The van der Waals surface area contributed by atoms with Crippen LogP contribution in [0, 0.1) is 5.92 Å². The summed E-state index contributed by atoms with van der Waals surface area (Å²) in [5.41, 5.74) is 1.08. The van der Waals surface area contributed by atoms with E-state index in [1.54, 1.807) is 20.2 Å². The fourth-order valence-electron chi connectivity index (χ4n) is 3.77. The number of nitrogens with zero attached hydrogens (tertiary/aromatic N) is 5. The standard InChI is InChI=1S/C20H23N5O3/c1-5-10-23-18(26)16-17(22(3)20(23)27)21-19-24(11-13(2)12-25(16)19)14-6-8-15(28-4)9-7-14/h5-9,13H,1,10-12H2,2-4H3/t13-/m0/s1. The Labute approximate surface area is 161 Å². The van der Waals surface area contributed by atoms with Crippen LogP contribution < -0.4 is 20.9 Å². The summed E-state index contributed by atoms with van der Waals surface area (Å²) in [4.78, 5) is 32.4. The van der Waals surface area contributed by atoms with E-state index in [9.17, 15) is 9.59 Å². The summed E-state index contributed by atoms with van der Waals surface area (Å²) in [6, 6.07) is 7.73. The lowest BCUT2D eigenvalue weighted by Crippen LogP contribution is -2.40. The Morgan fingerprint density at radius 2 is 1.96 bits per heavy atom. The zero-order valence-corrected chi connectivity index (χ0v) is 16.3. The number of hydrogen-bond donors (Lipinski definition) is 0. The third kappa shape index (κ3) is 2.64. The summed E-state index contributed by atoms with van der Waals surface area (Å²) in [6.45, 7) is 7.39. The first-order valence-corrected chi connectivity index (χ1v) is 9.18. The lowest BCUT2D eigenvalue weighted by atomic mass is 10.1. The van der Waals surface area contributed by atoms with Crippen molar-refractivity contribution in [3.05, 3.63) is 57.8 Å². The first-order chi connectivity index (χ1) is 13.5. The molecule has 28 heavy (non-hydrogen) atoms. The van der Waals surface area contributed by atoms with E-state index in [2.05, 4.69) is 18.4 Å². The fourth-order valence-corrected chi connectivity index (χ4v) is 3.77. The lowest BCUT2D eigenvalue weighted by molar-refractivity contribution is 0.414. The van der Waals surface area contributed by atoms with Gasteiger partial charge in [-0.1, -0.05) is 13.0 Å². The van der Waals surface area contributed by atoms with Crippen LogP contribution in [0.2, 0.25) is 0 Å². The first kappa shape index (κ1) is 18.1. The van der Waals surface area contributed by atoms with Gasteiger partial charge in [0.2, 0.25) is 5.95 Å². The van der Waals surface area contributed by atoms with Crippen molar-refractivity contribution in [1.29, 1.82) is 0 Å². The molecule has 2 aromatic heterocycles. The number of aromatic nitrogens is 4. The van der Waals surface area contributed by atoms with Crippen molar-refractivity contribution in [2.24, 2.45) is 13.0 Å². The van der Waals surface area contributed by atoms with Crippen molar-refractivity contribution in [1.82, 2.24) is 18.7 Å². The molecule has 0 radical (unpaired) electrons. The van der Waals surface area contributed by atoms with E-state index in [1.165, 1.54) is 9.13 Å². The van der Waals surface area contributed by atoms with E-state index in [4.69, 9.17) is 9.72 Å². The minimum Gasteiger partial charge on any atom is -0.497 e. The van der Waals surface area contributed by atoms with Crippen LogP contribution in [0.15, 0.2) is 46.5 Å². The summed E-state index contributed by atoms with van der Waals surface area (Å²) >= 11 is 0. The van der Waals surface area contributed by atoms with Gasteiger partial charge in [-0.25, -0.2) is 4.79 Å². The van der Waals surface area contributed by atoms with Gasteiger partial charge in [-0.3, -0.25) is 13.9 Å². The van der Waals surface area contributed by atoms with Gasteiger partial charge in [0.05, 0.1) is 7.11 Å². The van der Waals surface area contributed by atoms with Crippen LogP contribution in [0.3, 0.4) is 0 Å². The Hall–Kier alpha value is -3.29. The summed E-state index contributed by atoms with van der Waals surface area (Å²) in [5.74, 6) is 1.75. The second kappa shape index (κ2) is 6.70. The fraction of sp³-hybridized carbons (Fsp3) is 0.350. The Bertz CT molecular complexity index is 1170. The average molecular weight is 381 g/mol. The molecule has 4 rings (SSSR count). The third-order valence-corrected chi connectivity index (χ3v) is 5.14. The monoisotopic (exact) mass is 381 g/mol. The molecule has 3 aromatic rings. The number of ether oxygens (including phenoxy) is 1. The Balaban J connectivity index is 1.97. The predicted molar refractivity (Wildman–Crippen MR) is 109 cm³/mol. The zero-order valence-electron chi connectivity index (χ0n) is 16.3. The summed E-state index contributed by atoms with van der Waals surface area (Å²) < 4.78 is 9.80. The van der Waals surface area contributed by atoms with Gasteiger partial charge in [0, 0.05) is 32.4 Å². The maximum atomic E-state index is 13.1. The molecular formula is C20H23N5O3. The van der Waals surface area contributed by atoms with Crippen LogP contribution in [0.4, 0.5) is 11.6 Å². The summed E-state index contributed by atoms with van der Waals surface area (Å²) in [5, 5.41) is 0. The number of imidazole rings is 1. The van der Waals surface area contributed by atoms with E-state index in [0.29, 0.717) is 29.6 Å². The van der Waals surface area contributed by atoms with Gasteiger partial charge in [0.1, 0.15) is 5.75 Å². The maximum Gasteiger partial charge on any atom is 0.332 e. The minimum atomic E-state index is -0.392. The molecule has 0 unspecified atom stereocenters. The second-order valence-electron chi connectivity index (χ2n) is 7.15. The molecule has 0 amide bonds. The molecule has 0 fully saturated rings. The van der Waals surface area contributed by atoms with E-state index >= 15 is 0 Å². The molecule has 1 aliphatic heterocycles. The maximum absolute atomic E-state index is 13.1. The van der Waals surface area contributed by atoms with Crippen molar-refractivity contribution >= 4 is 22.8 Å². The molecule has 146 valence electrons. The molecule has 0 saturated carbocycles. The number of benzene rings is 1. The van der Waals surface area contributed by atoms with Crippen molar-refractivity contribution in [3.63, 3.8) is 0 Å². The number of aryl methyl sites for hydroxylation is 1. The van der Waals surface area contributed by atoms with Crippen molar-refractivity contribution < 1.29 is 4.74 Å². The predicted octanol–water partition coefficient (Wildman–Crippen LogP) is 1.88. The van der Waals surface area contributed by atoms with E-state index in [-0.39, 0.29) is 12.1 Å². The van der Waals surface area contributed by atoms with Crippen LogP contribution in [-0.2, 0) is 20.1 Å². The highest BCUT2D eigenvalue weighted by atomic mass is 16.5. The quantitative estimate of drug-likeness (QED) is 0.645. The molecule has 8 heteroatoms. The Morgan fingerprint density at radius 3 is 2.61 bits per heavy atom. The van der Waals surface area contributed by atoms with Crippen LogP contribution in [0.25, 0.3) is 11.2 Å². The van der Waals surface area contributed by atoms with Crippen LogP contribution in [0.5, 0.6) is 5.75 Å². The summed E-state index contributed by atoms with van der Waals surface area (Å²) in [6.07, 6.45) is 1.55. The highest BCUT2D eigenvalue weighted by Gasteiger charge is 2.29. The number of hydrogen-bond acceptors (Lipinski definition) is 5. The van der Waals surface area contributed by atoms with Crippen molar-refractivity contribution in [2.45, 2.75) is 20.0 Å². The first-order valence-electron chi connectivity index (χ1n) is 9.18. The minimum absolute atomic E-state index is 0.166. The van der Waals surface area contributed by atoms with Crippen molar-refractivity contribution in [2.75, 3.05) is 18.6 Å². The zero-order chi connectivity index (χ0) is 20.0. The van der Waals surface area contributed by atoms with Gasteiger partial charge in [-0.15, -0.1) is 6.58 Å². The molecule has 0 bridgehead atoms. The molecule has 0 N–H and O–H groups in total. The number of rotatable bonds is 4. The van der Waals surface area contributed by atoms with Crippen LogP contribution in [0.1, 0.15) is 6.92 Å². The lowest BCUT2D eigenvalue weighted by Gasteiger charge is -2.33. The smallest absolute Gasteiger partial charge is 0.332 e. The van der Waals surface area contributed by atoms with E-state index in [0.717, 1.165) is 18.0 Å². The topological polar surface area (TPSA) is 74.3 Å². The second-order valence-corrected chi connectivity index (χ2v) is 7.15. The number of anilines is 2. The molecule has 0 saturated heterocycles.